The topological polar surface area (TPSA) is 107 Å². The molecular formula is C27H47IN6O4Si2. The maximum atomic E-state index is 13.0. The van der Waals surface area contributed by atoms with E-state index >= 15 is 0 Å². The SMILES string of the molecule is CN(C)/C=N/c1nc2c(nc(/C=C/I)n2[C@H]2C[C@H](O[Si](C)(C)C(C)(C)C)[C@@H](CO[Si](C)(C)C(C)(C)C)O2)c(=O)[nH]1. The summed E-state index contributed by atoms with van der Waals surface area (Å²) in [6.07, 6.45) is 3.18. The van der Waals surface area contributed by atoms with E-state index in [1.165, 1.54) is 0 Å². The molecule has 3 atom stereocenters. The van der Waals surface area contributed by atoms with Crippen molar-refractivity contribution in [1.82, 2.24) is 24.4 Å². The lowest BCUT2D eigenvalue weighted by Gasteiger charge is -2.40. The minimum atomic E-state index is -2.12. The van der Waals surface area contributed by atoms with Gasteiger partial charge in [-0.1, -0.05) is 64.1 Å². The van der Waals surface area contributed by atoms with E-state index < -0.39 is 22.9 Å². The van der Waals surface area contributed by atoms with Gasteiger partial charge in [0, 0.05) is 20.5 Å². The molecule has 3 rings (SSSR count). The number of H-pyrrole nitrogens is 1. The third kappa shape index (κ3) is 7.32. The van der Waals surface area contributed by atoms with E-state index in [9.17, 15) is 4.79 Å². The first kappa shape index (κ1) is 33.1. The van der Waals surface area contributed by atoms with E-state index in [1.54, 1.807) is 11.2 Å². The molecule has 1 aliphatic heterocycles. The quantitative estimate of drug-likeness (QED) is 0.139. The Hall–Kier alpha value is -1.40. The van der Waals surface area contributed by atoms with Gasteiger partial charge >= 0.3 is 0 Å². The molecule has 1 saturated heterocycles. The van der Waals surface area contributed by atoms with Gasteiger partial charge in [0.15, 0.2) is 27.8 Å². The van der Waals surface area contributed by atoms with Gasteiger partial charge < -0.3 is 18.5 Å². The average Bonchev–Trinajstić information content (AvgIpc) is 3.35. The van der Waals surface area contributed by atoms with Crippen LogP contribution < -0.4 is 5.56 Å². The van der Waals surface area contributed by atoms with E-state index in [2.05, 4.69) is 110 Å². The molecule has 0 amide bonds. The van der Waals surface area contributed by atoms with Crippen molar-refractivity contribution in [3.8, 4) is 0 Å². The molecule has 0 unspecified atom stereocenters. The number of hydrogen-bond acceptors (Lipinski definition) is 7. The van der Waals surface area contributed by atoms with Crippen molar-refractivity contribution in [1.29, 1.82) is 0 Å². The molecule has 2 aromatic rings. The van der Waals surface area contributed by atoms with Crippen molar-refractivity contribution in [2.45, 2.75) is 103 Å². The molecule has 13 heteroatoms. The second kappa shape index (κ2) is 12.1. The summed E-state index contributed by atoms with van der Waals surface area (Å²) < 4.78 is 24.1. The zero-order valence-corrected chi connectivity index (χ0v) is 30.3. The number of fused-ring (bicyclic) bond motifs is 1. The van der Waals surface area contributed by atoms with Gasteiger partial charge in [-0.15, -0.1) is 0 Å². The van der Waals surface area contributed by atoms with E-state index in [4.69, 9.17) is 13.6 Å². The largest absolute Gasteiger partial charge is 0.414 e. The number of aromatic nitrogens is 4. The summed E-state index contributed by atoms with van der Waals surface area (Å²) in [4.78, 5) is 31.1. The molecule has 1 N–H and O–H groups in total. The van der Waals surface area contributed by atoms with Gasteiger partial charge in [-0.2, -0.15) is 4.98 Å². The summed E-state index contributed by atoms with van der Waals surface area (Å²) >= 11 is 2.15. The number of rotatable bonds is 9. The Bertz CT molecular complexity index is 1310. The second-order valence-corrected chi connectivity index (χ2v) is 24.0. The van der Waals surface area contributed by atoms with E-state index in [0.717, 1.165) is 0 Å². The predicted octanol–water partition coefficient (Wildman–Crippen LogP) is 6.45. The molecule has 0 radical (unpaired) electrons. The van der Waals surface area contributed by atoms with Crippen LogP contribution in [-0.4, -0.2) is 80.3 Å². The number of nitrogens with one attached hydrogen (secondary N) is 1. The monoisotopic (exact) mass is 702 g/mol. The minimum absolute atomic E-state index is 0.0426. The van der Waals surface area contributed by atoms with E-state index in [0.29, 0.717) is 24.5 Å². The highest BCUT2D eigenvalue weighted by molar-refractivity contribution is 14.1. The molecule has 224 valence electrons. The van der Waals surface area contributed by atoms with Crippen LogP contribution in [0.3, 0.4) is 0 Å². The highest BCUT2D eigenvalue weighted by Crippen LogP contribution is 2.43. The Balaban J connectivity index is 2.08. The molecule has 1 fully saturated rings. The second-order valence-electron chi connectivity index (χ2n) is 13.8. The number of ether oxygens (including phenoxy) is 1. The number of nitrogens with zero attached hydrogens (tertiary/aromatic N) is 5. The normalized spacial score (nSPS) is 21.4. The molecule has 0 aromatic carbocycles. The fourth-order valence-corrected chi connectivity index (χ4v) is 6.57. The predicted molar refractivity (Wildman–Crippen MR) is 177 cm³/mol. The van der Waals surface area contributed by atoms with Crippen molar-refractivity contribution in [2.75, 3.05) is 20.7 Å². The van der Waals surface area contributed by atoms with Crippen LogP contribution in [-0.2, 0) is 13.6 Å². The van der Waals surface area contributed by atoms with Crippen molar-refractivity contribution in [3.63, 3.8) is 0 Å². The van der Waals surface area contributed by atoms with Crippen molar-refractivity contribution in [2.24, 2.45) is 4.99 Å². The molecule has 0 bridgehead atoms. The molecule has 0 spiro atoms. The van der Waals surface area contributed by atoms with Gasteiger partial charge in [0.2, 0.25) is 5.95 Å². The standard InChI is InChI=1S/C27H47IN6O4Si2/c1-26(2,3)39(9,10)36-16-19-18(38-40(11,12)27(4,5)6)15-21(37-19)34-20(13-14-28)30-22-23(34)31-25(32-24(22)35)29-17-33(7)8/h13-14,17-19,21H,15-16H2,1-12H3,(H,31,32,35)/b14-13+,29-17+/t18-,19+,21+/m0/s1. The summed E-state index contributed by atoms with van der Waals surface area (Å²) in [5.74, 6) is 0.806. The molecular weight excluding hydrogens is 655 g/mol. The number of aliphatic imine (C=N–C) groups is 1. The minimum Gasteiger partial charge on any atom is -0.414 e. The van der Waals surface area contributed by atoms with Gasteiger partial charge in [0.1, 0.15) is 18.2 Å². The van der Waals surface area contributed by atoms with Gasteiger partial charge in [-0.25, -0.2) is 9.98 Å². The van der Waals surface area contributed by atoms with E-state index in [-0.39, 0.29) is 39.3 Å². The van der Waals surface area contributed by atoms with Crippen LogP contribution >= 0.6 is 22.6 Å². The van der Waals surface area contributed by atoms with Crippen molar-refractivity contribution < 1.29 is 13.6 Å². The van der Waals surface area contributed by atoms with Crippen LogP contribution in [0.1, 0.15) is 60.0 Å². The van der Waals surface area contributed by atoms with Crippen LogP contribution in [0.4, 0.5) is 5.95 Å². The maximum absolute atomic E-state index is 13.0. The highest BCUT2D eigenvalue weighted by atomic mass is 127. The van der Waals surface area contributed by atoms with Crippen LogP contribution in [0.2, 0.25) is 36.3 Å². The summed E-state index contributed by atoms with van der Waals surface area (Å²) in [6, 6.07) is 0. The highest BCUT2D eigenvalue weighted by Gasteiger charge is 2.47. The zero-order chi connectivity index (χ0) is 30.3. The summed E-state index contributed by atoms with van der Waals surface area (Å²) in [5.41, 5.74) is 0.337. The molecule has 0 saturated carbocycles. The zero-order valence-electron chi connectivity index (χ0n) is 26.1. The van der Waals surface area contributed by atoms with Crippen LogP contribution in [0, 0.1) is 0 Å². The lowest BCUT2D eigenvalue weighted by Crippen LogP contribution is -2.48. The third-order valence-electron chi connectivity index (χ3n) is 8.32. The first-order chi connectivity index (χ1) is 18.3. The van der Waals surface area contributed by atoms with Gasteiger partial charge in [-0.3, -0.25) is 14.3 Å². The molecule has 0 aliphatic carbocycles. The molecule has 1 aliphatic rings. The Morgan fingerprint density at radius 1 is 1.12 bits per heavy atom. The fourth-order valence-electron chi connectivity index (χ4n) is 3.87. The summed E-state index contributed by atoms with van der Waals surface area (Å²) in [7, 11) is -0.426. The maximum Gasteiger partial charge on any atom is 0.280 e. The summed E-state index contributed by atoms with van der Waals surface area (Å²) in [5, 5.41) is 0.120. The van der Waals surface area contributed by atoms with Gasteiger partial charge in [0.05, 0.1) is 19.0 Å². The average molecular weight is 703 g/mol. The smallest absolute Gasteiger partial charge is 0.280 e. The number of hydrogen-bond donors (Lipinski definition) is 1. The van der Waals surface area contributed by atoms with Crippen LogP contribution in [0.5, 0.6) is 0 Å². The number of halogens is 1. The van der Waals surface area contributed by atoms with Gasteiger partial charge in [0.25, 0.3) is 5.56 Å². The first-order valence-electron chi connectivity index (χ1n) is 13.7. The van der Waals surface area contributed by atoms with Crippen LogP contribution in [0.25, 0.3) is 17.2 Å². The molecule has 2 aromatic heterocycles. The first-order valence-corrected chi connectivity index (χ1v) is 20.8. The third-order valence-corrected chi connectivity index (χ3v) is 17.7. The van der Waals surface area contributed by atoms with Crippen LogP contribution in [0.15, 0.2) is 13.9 Å². The summed E-state index contributed by atoms with van der Waals surface area (Å²) in [6.45, 7) is 22.9. The lowest BCUT2D eigenvalue weighted by atomic mass is 10.2. The fraction of sp³-hybridized carbons (Fsp3) is 0.704. The molecule has 10 nitrogen and oxygen atoms in total. The Morgan fingerprint density at radius 3 is 2.30 bits per heavy atom. The lowest BCUT2D eigenvalue weighted by molar-refractivity contribution is -0.0385. The van der Waals surface area contributed by atoms with Crippen molar-refractivity contribution in [3.05, 3.63) is 20.3 Å². The Labute approximate surface area is 254 Å². The number of aromatic amines is 1. The van der Waals surface area contributed by atoms with Gasteiger partial charge in [-0.05, 0) is 46.4 Å². The van der Waals surface area contributed by atoms with E-state index in [1.807, 2.05) is 28.8 Å². The Kier molecular flexibility index (Phi) is 9.99. The molecule has 3 heterocycles. The Morgan fingerprint density at radius 2 is 1.75 bits per heavy atom. The van der Waals surface area contributed by atoms with Crippen molar-refractivity contribution >= 4 is 68.8 Å². The molecule has 40 heavy (non-hydrogen) atoms. The number of imidazole rings is 1.